The van der Waals surface area contributed by atoms with Crippen molar-refractivity contribution in [1.82, 2.24) is 10.4 Å². The maximum Gasteiger partial charge on any atom is 0.272 e. The minimum absolute atomic E-state index is 0.00653. The number of phenolic OH excluding ortho intramolecular Hbond substituents is 2. The van der Waals surface area contributed by atoms with Crippen molar-refractivity contribution in [2.45, 2.75) is 6.92 Å². The second kappa shape index (κ2) is 8.57. The molecule has 0 bridgehead atoms. The van der Waals surface area contributed by atoms with Crippen molar-refractivity contribution >= 4 is 38.5 Å². The molecule has 0 unspecified atom stereocenters. The van der Waals surface area contributed by atoms with Gasteiger partial charge in [-0.1, -0.05) is 46.3 Å². The van der Waals surface area contributed by atoms with Crippen LogP contribution in [-0.2, 0) is 0 Å². The summed E-state index contributed by atoms with van der Waals surface area (Å²) in [7, 11) is 0. The average molecular weight is 476 g/mol. The van der Waals surface area contributed by atoms with E-state index >= 15 is 0 Å². The lowest BCUT2D eigenvalue weighted by Crippen LogP contribution is -2.20. The highest BCUT2D eigenvalue weighted by Crippen LogP contribution is 2.26. The van der Waals surface area contributed by atoms with Crippen molar-refractivity contribution in [3.8, 4) is 22.8 Å². The maximum absolute atomic E-state index is 13.0. The summed E-state index contributed by atoms with van der Waals surface area (Å²) in [5.41, 5.74) is 5.90. The summed E-state index contributed by atoms with van der Waals surface area (Å²) in [6.07, 6.45) is 0. The number of aromatic nitrogens is 1. The van der Waals surface area contributed by atoms with E-state index in [4.69, 9.17) is 4.98 Å². The van der Waals surface area contributed by atoms with Crippen LogP contribution in [0.5, 0.6) is 11.5 Å². The van der Waals surface area contributed by atoms with Gasteiger partial charge < -0.3 is 10.2 Å². The van der Waals surface area contributed by atoms with Gasteiger partial charge in [0.05, 0.1) is 22.5 Å². The third kappa shape index (κ3) is 4.41. The lowest BCUT2D eigenvalue weighted by molar-refractivity contribution is 0.0956. The minimum Gasteiger partial charge on any atom is -0.508 e. The number of halogens is 1. The van der Waals surface area contributed by atoms with Crippen LogP contribution in [-0.4, -0.2) is 26.8 Å². The van der Waals surface area contributed by atoms with Crippen LogP contribution in [0.4, 0.5) is 0 Å². The molecule has 1 aromatic heterocycles. The fraction of sp³-hybridized carbons (Fsp3) is 0.0417. The predicted molar refractivity (Wildman–Crippen MR) is 124 cm³/mol. The lowest BCUT2D eigenvalue weighted by atomic mass is 10.0. The molecule has 0 aliphatic carbocycles. The molecule has 0 saturated carbocycles. The van der Waals surface area contributed by atoms with Crippen LogP contribution in [0.25, 0.3) is 22.2 Å². The van der Waals surface area contributed by atoms with Gasteiger partial charge in [0.2, 0.25) is 0 Å². The van der Waals surface area contributed by atoms with Gasteiger partial charge in [0, 0.05) is 21.0 Å². The average Bonchev–Trinajstić information content (AvgIpc) is 2.78. The molecule has 0 radical (unpaired) electrons. The molecule has 31 heavy (non-hydrogen) atoms. The highest BCUT2D eigenvalue weighted by atomic mass is 79.9. The highest BCUT2D eigenvalue weighted by Gasteiger charge is 2.14. The number of hydrazone groups is 1. The molecule has 3 aromatic carbocycles. The Morgan fingerprint density at radius 1 is 0.968 bits per heavy atom. The fourth-order valence-corrected chi connectivity index (χ4v) is 3.47. The van der Waals surface area contributed by atoms with Crippen LogP contribution in [0.15, 0.2) is 82.4 Å². The van der Waals surface area contributed by atoms with Crippen LogP contribution in [0.2, 0.25) is 0 Å². The van der Waals surface area contributed by atoms with Crippen molar-refractivity contribution in [2.75, 3.05) is 0 Å². The quantitative estimate of drug-likeness (QED) is 0.214. The molecule has 0 spiro atoms. The van der Waals surface area contributed by atoms with Crippen molar-refractivity contribution in [1.29, 1.82) is 0 Å². The molecule has 1 amide bonds. The Labute approximate surface area is 187 Å². The van der Waals surface area contributed by atoms with Crippen LogP contribution in [0, 0.1) is 0 Å². The topological polar surface area (TPSA) is 94.8 Å². The fourth-order valence-electron chi connectivity index (χ4n) is 3.20. The van der Waals surface area contributed by atoms with Gasteiger partial charge in [-0.2, -0.15) is 5.10 Å². The van der Waals surface area contributed by atoms with E-state index in [0.717, 1.165) is 10.0 Å². The number of carbonyl (C=O) groups is 1. The standard InChI is InChI=1S/C24H18BrN3O3/c1-14(19-12-17(29)10-11-23(19)30)27-28-24(31)20-13-22(15-6-8-16(25)9-7-15)26-21-5-3-2-4-18(20)21/h2-13,29-30H,1H3,(H,28,31)/b27-14+. The van der Waals surface area contributed by atoms with Gasteiger partial charge in [-0.15, -0.1) is 0 Å². The molecule has 7 heteroatoms. The van der Waals surface area contributed by atoms with Crippen molar-refractivity contribution in [2.24, 2.45) is 5.10 Å². The zero-order valence-corrected chi connectivity index (χ0v) is 18.1. The summed E-state index contributed by atoms with van der Waals surface area (Å²) in [6, 6.07) is 21.0. The number of hydrogen-bond donors (Lipinski definition) is 3. The summed E-state index contributed by atoms with van der Waals surface area (Å²) in [5, 5.41) is 24.5. The number of hydrogen-bond acceptors (Lipinski definition) is 5. The highest BCUT2D eigenvalue weighted by molar-refractivity contribution is 9.10. The third-order valence-corrected chi connectivity index (χ3v) is 5.32. The van der Waals surface area contributed by atoms with Crippen molar-refractivity contribution < 1.29 is 15.0 Å². The molecule has 3 N–H and O–H groups in total. The Morgan fingerprint density at radius 3 is 2.48 bits per heavy atom. The second-order valence-corrected chi connectivity index (χ2v) is 7.83. The number of pyridine rings is 1. The SMILES string of the molecule is C/C(=N\NC(=O)c1cc(-c2ccc(Br)cc2)nc2ccccc12)c1cc(O)ccc1O. The molecule has 154 valence electrons. The number of amides is 1. The van der Waals surface area contributed by atoms with Gasteiger partial charge in [0.1, 0.15) is 11.5 Å². The molecular formula is C24H18BrN3O3. The van der Waals surface area contributed by atoms with E-state index in [2.05, 4.69) is 26.5 Å². The van der Waals surface area contributed by atoms with Gasteiger partial charge in [0.25, 0.3) is 5.91 Å². The van der Waals surface area contributed by atoms with E-state index in [1.54, 1.807) is 13.0 Å². The van der Waals surface area contributed by atoms with E-state index < -0.39 is 5.91 Å². The summed E-state index contributed by atoms with van der Waals surface area (Å²) in [4.78, 5) is 17.7. The lowest BCUT2D eigenvalue weighted by Gasteiger charge is -2.10. The first-order valence-corrected chi connectivity index (χ1v) is 10.2. The minimum atomic E-state index is -0.407. The molecule has 0 aliphatic rings. The van der Waals surface area contributed by atoms with Crippen molar-refractivity contribution in [3.05, 3.63) is 88.4 Å². The number of rotatable bonds is 4. The Balaban J connectivity index is 1.71. The molecule has 4 rings (SSSR count). The van der Waals surface area contributed by atoms with Gasteiger partial charge in [-0.05, 0) is 49.4 Å². The molecule has 4 aromatic rings. The maximum atomic E-state index is 13.0. The number of aromatic hydroxyl groups is 2. The molecule has 0 atom stereocenters. The Hall–Kier alpha value is -3.71. The molecule has 6 nitrogen and oxygen atoms in total. The summed E-state index contributed by atoms with van der Waals surface area (Å²) < 4.78 is 0.954. The first-order valence-electron chi connectivity index (χ1n) is 9.45. The predicted octanol–water partition coefficient (Wildman–Crippen LogP) is 5.23. The monoisotopic (exact) mass is 475 g/mol. The number of phenols is 2. The van der Waals surface area contributed by atoms with Crippen molar-refractivity contribution in [3.63, 3.8) is 0 Å². The van der Waals surface area contributed by atoms with E-state index in [1.165, 1.54) is 18.2 Å². The zero-order chi connectivity index (χ0) is 22.0. The second-order valence-electron chi connectivity index (χ2n) is 6.92. The van der Waals surface area contributed by atoms with E-state index in [9.17, 15) is 15.0 Å². The number of fused-ring (bicyclic) bond motifs is 1. The summed E-state index contributed by atoms with van der Waals surface area (Å²) >= 11 is 3.43. The zero-order valence-electron chi connectivity index (χ0n) is 16.5. The van der Waals surface area contributed by atoms with Crippen LogP contribution in [0.1, 0.15) is 22.8 Å². The number of nitrogens with zero attached hydrogens (tertiary/aromatic N) is 2. The van der Waals surface area contributed by atoms with E-state index in [-0.39, 0.29) is 11.5 Å². The van der Waals surface area contributed by atoms with Gasteiger partial charge in [-0.25, -0.2) is 10.4 Å². The molecular weight excluding hydrogens is 458 g/mol. The van der Waals surface area contributed by atoms with Crippen LogP contribution < -0.4 is 5.43 Å². The number of benzene rings is 3. The smallest absolute Gasteiger partial charge is 0.272 e. The first-order chi connectivity index (χ1) is 14.9. The van der Waals surface area contributed by atoms with Gasteiger partial charge in [0.15, 0.2) is 0 Å². The Morgan fingerprint density at radius 2 is 1.71 bits per heavy atom. The number of carbonyl (C=O) groups excluding carboxylic acids is 1. The van der Waals surface area contributed by atoms with Gasteiger partial charge in [-0.3, -0.25) is 4.79 Å². The molecule has 0 saturated heterocycles. The first kappa shape index (κ1) is 20.6. The van der Waals surface area contributed by atoms with E-state index in [1.807, 2.05) is 48.5 Å². The number of para-hydroxylation sites is 1. The van der Waals surface area contributed by atoms with E-state index in [0.29, 0.717) is 33.4 Å². The molecule has 0 aliphatic heterocycles. The Bertz CT molecular complexity index is 1320. The van der Waals surface area contributed by atoms with Crippen LogP contribution in [0.3, 0.4) is 0 Å². The summed E-state index contributed by atoms with van der Waals surface area (Å²) in [5.74, 6) is -0.455. The summed E-state index contributed by atoms with van der Waals surface area (Å²) in [6.45, 7) is 1.63. The third-order valence-electron chi connectivity index (χ3n) is 4.80. The van der Waals surface area contributed by atoms with Gasteiger partial charge >= 0.3 is 0 Å². The largest absolute Gasteiger partial charge is 0.508 e. The number of nitrogens with one attached hydrogen (secondary N) is 1. The normalized spacial score (nSPS) is 11.5. The van der Waals surface area contributed by atoms with Crippen LogP contribution >= 0.6 is 15.9 Å². The molecule has 1 heterocycles. The molecule has 0 fully saturated rings. The Kier molecular flexibility index (Phi) is 5.68.